The molecular weight excluding hydrogens is 494 g/mol. The smallest absolute Gasteiger partial charge is 0.316 e. The second-order valence-electron chi connectivity index (χ2n) is 9.96. The fourth-order valence-electron chi connectivity index (χ4n) is 5.16. The van der Waals surface area contributed by atoms with Crippen LogP contribution >= 0.6 is 0 Å². The van der Waals surface area contributed by atoms with Crippen LogP contribution in [0.15, 0.2) is 91.1 Å². The molecular formula is C30H27N5O4. The van der Waals surface area contributed by atoms with Crippen LogP contribution in [0, 0.1) is 17.0 Å². The number of nitrogens with zero attached hydrogens (tertiary/aromatic N) is 4. The van der Waals surface area contributed by atoms with Gasteiger partial charge < -0.3 is 14.8 Å². The molecule has 1 aromatic heterocycles. The molecule has 1 aliphatic carbocycles. The highest BCUT2D eigenvalue weighted by Crippen LogP contribution is 2.42. The lowest BCUT2D eigenvalue weighted by molar-refractivity contribution is -0.384. The van der Waals surface area contributed by atoms with Crippen molar-refractivity contribution in [3.8, 4) is 5.69 Å². The van der Waals surface area contributed by atoms with E-state index in [1.807, 2.05) is 78.7 Å². The summed E-state index contributed by atoms with van der Waals surface area (Å²) in [6, 6.07) is 24.9. The van der Waals surface area contributed by atoms with E-state index in [4.69, 9.17) is 0 Å². The highest BCUT2D eigenvalue weighted by molar-refractivity contribution is 6.01. The molecule has 1 unspecified atom stereocenters. The molecule has 3 aromatic carbocycles. The number of fused-ring (bicyclic) bond motifs is 3. The van der Waals surface area contributed by atoms with Gasteiger partial charge in [-0.1, -0.05) is 42.0 Å². The number of nitro groups is 1. The lowest BCUT2D eigenvalue weighted by Crippen LogP contribution is -2.48. The number of nitro benzene ring substituents is 1. The summed E-state index contributed by atoms with van der Waals surface area (Å²) in [6.45, 7) is 1.93. The van der Waals surface area contributed by atoms with E-state index in [0.717, 1.165) is 41.0 Å². The molecule has 0 spiro atoms. The predicted octanol–water partition coefficient (Wildman–Crippen LogP) is 5.83. The fraction of sp³-hybridized carbons (Fsp3) is 0.200. The van der Waals surface area contributed by atoms with Crippen molar-refractivity contribution in [1.82, 2.24) is 9.47 Å². The molecule has 1 fully saturated rings. The highest BCUT2D eigenvalue weighted by Gasteiger charge is 2.40. The molecule has 1 atom stereocenters. The maximum Gasteiger partial charge on any atom is 0.322 e. The minimum Gasteiger partial charge on any atom is -0.316 e. The monoisotopic (exact) mass is 521 g/mol. The second kappa shape index (κ2) is 9.75. The summed E-state index contributed by atoms with van der Waals surface area (Å²) in [7, 11) is 0. The predicted molar refractivity (Wildman–Crippen MR) is 148 cm³/mol. The molecule has 4 aromatic rings. The van der Waals surface area contributed by atoms with Gasteiger partial charge in [-0.2, -0.15) is 0 Å². The number of aromatic nitrogens is 1. The molecule has 196 valence electrons. The van der Waals surface area contributed by atoms with Crippen molar-refractivity contribution < 1.29 is 14.5 Å². The van der Waals surface area contributed by atoms with E-state index in [2.05, 4.69) is 9.88 Å². The van der Waals surface area contributed by atoms with Crippen LogP contribution in [0.4, 0.5) is 21.9 Å². The Bertz CT molecular complexity index is 1560. The third-order valence-electron chi connectivity index (χ3n) is 7.26. The number of hydrogen-bond acceptors (Lipinski definition) is 4. The van der Waals surface area contributed by atoms with E-state index < -0.39 is 11.0 Å². The number of amides is 3. The molecule has 2 heterocycles. The van der Waals surface area contributed by atoms with Gasteiger partial charge in [0.2, 0.25) is 5.91 Å². The minimum absolute atomic E-state index is 0.0336. The van der Waals surface area contributed by atoms with Crippen molar-refractivity contribution in [1.29, 1.82) is 0 Å². The van der Waals surface area contributed by atoms with Crippen molar-refractivity contribution in [2.45, 2.75) is 31.8 Å². The van der Waals surface area contributed by atoms with Gasteiger partial charge in [-0.05, 0) is 61.7 Å². The van der Waals surface area contributed by atoms with Crippen molar-refractivity contribution in [3.05, 3.63) is 118 Å². The lowest BCUT2D eigenvalue weighted by Gasteiger charge is -2.39. The first-order valence-corrected chi connectivity index (χ1v) is 12.9. The molecule has 39 heavy (non-hydrogen) atoms. The Kier molecular flexibility index (Phi) is 6.11. The average Bonchev–Trinajstić information content (AvgIpc) is 3.66. The summed E-state index contributed by atoms with van der Waals surface area (Å²) in [5.41, 5.74) is 5.15. The van der Waals surface area contributed by atoms with Crippen molar-refractivity contribution in [3.63, 3.8) is 0 Å². The number of carbonyl (C=O) groups excluding carboxylic acids is 2. The summed E-state index contributed by atoms with van der Waals surface area (Å²) in [5.74, 6) is -0.189. The van der Waals surface area contributed by atoms with E-state index in [-0.39, 0.29) is 30.2 Å². The quantitative estimate of drug-likeness (QED) is 0.255. The molecule has 0 saturated heterocycles. The molecule has 1 N–H and O–H groups in total. The molecule has 3 amide bonds. The molecule has 0 radical (unpaired) electrons. The zero-order valence-electron chi connectivity index (χ0n) is 21.4. The van der Waals surface area contributed by atoms with Gasteiger partial charge in [-0.3, -0.25) is 19.8 Å². The van der Waals surface area contributed by atoms with Crippen LogP contribution in [0.25, 0.3) is 5.69 Å². The molecule has 9 heteroatoms. The number of aryl methyl sites for hydroxylation is 1. The Labute approximate surface area is 225 Å². The number of benzene rings is 3. The van der Waals surface area contributed by atoms with Crippen LogP contribution in [-0.4, -0.2) is 38.9 Å². The van der Waals surface area contributed by atoms with Gasteiger partial charge in [-0.15, -0.1) is 0 Å². The van der Waals surface area contributed by atoms with Crippen LogP contribution in [0.3, 0.4) is 0 Å². The number of rotatable bonds is 6. The third kappa shape index (κ3) is 4.63. The first-order valence-electron chi connectivity index (χ1n) is 12.9. The Hall–Kier alpha value is -4.92. The normalized spacial score (nSPS) is 15.7. The Balaban J connectivity index is 1.32. The second-order valence-corrected chi connectivity index (χ2v) is 9.96. The number of hydrogen-bond donors (Lipinski definition) is 1. The van der Waals surface area contributed by atoms with Crippen LogP contribution in [-0.2, 0) is 4.79 Å². The minimum atomic E-state index is -0.488. The summed E-state index contributed by atoms with van der Waals surface area (Å²) in [5, 5.41) is 13.8. The summed E-state index contributed by atoms with van der Waals surface area (Å²) >= 11 is 0. The fourth-order valence-corrected chi connectivity index (χ4v) is 5.16. The first-order chi connectivity index (χ1) is 18.9. The summed E-state index contributed by atoms with van der Waals surface area (Å²) < 4.78 is 2.11. The first kappa shape index (κ1) is 24.4. The van der Waals surface area contributed by atoms with Crippen molar-refractivity contribution in [2.75, 3.05) is 16.8 Å². The zero-order valence-corrected chi connectivity index (χ0v) is 21.4. The van der Waals surface area contributed by atoms with Crippen LogP contribution < -0.4 is 10.2 Å². The van der Waals surface area contributed by atoms with Gasteiger partial charge in [0.25, 0.3) is 5.69 Å². The van der Waals surface area contributed by atoms with Crippen LogP contribution in [0.1, 0.15) is 35.7 Å². The molecule has 9 nitrogen and oxygen atoms in total. The number of carbonyl (C=O) groups is 2. The lowest BCUT2D eigenvalue weighted by atomic mass is 9.97. The summed E-state index contributed by atoms with van der Waals surface area (Å²) in [6.07, 6.45) is 3.65. The molecule has 1 saturated carbocycles. The molecule has 0 bridgehead atoms. The zero-order chi connectivity index (χ0) is 27.1. The van der Waals surface area contributed by atoms with Gasteiger partial charge in [0.1, 0.15) is 12.6 Å². The molecule has 2 aliphatic rings. The molecule has 6 rings (SSSR count). The van der Waals surface area contributed by atoms with Crippen LogP contribution in [0.5, 0.6) is 0 Å². The largest absolute Gasteiger partial charge is 0.322 e. The van der Waals surface area contributed by atoms with Gasteiger partial charge in [0, 0.05) is 30.1 Å². The Morgan fingerprint density at radius 1 is 0.949 bits per heavy atom. The number of non-ortho nitro benzene ring substituents is 1. The Morgan fingerprint density at radius 2 is 1.64 bits per heavy atom. The maximum atomic E-state index is 14.2. The van der Waals surface area contributed by atoms with Crippen molar-refractivity contribution in [2.24, 2.45) is 0 Å². The van der Waals surface area contributed by atoms with Gasteiger partial charge in [-0.25, -0.2) is 4.79 Å². The SMILES string of the molecule is Cc1ccc(C2c3cccn3-c3ccccc3N2C(=O)CN(C(=O)Nc2ccc([N+](=O)[O-])cc2)C2CC2)cc1. The van der Waals surface area contributed by atoms with Gasteiger partial charge >= 0.3 is 6.03 Å². The van der Waals surface area contributed by atoms with E-state index in [0.29, 0.717) is 5.69 Å². The van der Waals surface area contributed by atoms with E-state index >= 15 is 0 Å². The van der Waals surface area contributed by atoms with E-state index in [1.165, 1.54) is 24.3 Å². The van der Waals surface area contributed by atoms with E-state index in [9.17, 15) is 19.7 Å². The van der Waals surface area contributed by atoms with E-state index in [1.54, 1.807) is 4.90 Å². The number of anilines is 2. The number of para-hydroxylation sites is 2. The van der Waals surface area contributed by atoms with Crippen LogP contribution in [0.2, 0.25) is 0 Å². The maximum absolute atomic E-state index is 14.2. The standard InChI is InChI=1S/C30H27N5O4/c1-20-8-10-21(11-9-20)29-27-7-4-18-32(27)25-5-2-3-6-26(25)34(29)28(36)19-33(23-16-17-23)30(37)31-22-12-14-24(15-13-22)35(38)39/h2-15,18,23,29H,16-17,19H2,1H3,(H,31,37). The van der Waals surface area contributed by atoms with Gasteiger partial charge in [0.05, 0.1) is 22.0 Å². The van der Waals surface area contributed by atoms with Gasteiger partial charge in [0.15, 0.2) is 0 Å². The number of urea groups is 1. The highest BCUT2D eigenvalue weighted by atomic mass is 16.6. The van der Waals surface area contributed by atoms with Crippen molar-refractivity contribution >= 4 is 29.0 Å². The third-order valence-corrected chi connectivity index (χ3v) is 7.26. The topological polar surface area (TPSA) is 101 Å². The number of nitrogens with one attached hydrogen (secondary N) is 1. The molecule has 1 aliphatic heterocycles. The summed E-state index contributed by atoms with van der Waals surface area (Å²) in [4.78, 5) is 41.4. The average molecular weight is 522 g/mol. The Morgan fingerprint density at radius 3 is 2.31 bits per heavy atom.